The molecule has 0 aliphatic carbocycles. The third-order valence-electron chi connectivity index (χ3n) is 6.48. The summed E-state index contributed by atoms with van der Waals surface area (Å²) in [5.74, 6) is 1.46. The van der Waals surface area contributed by atoms with Gasteiger partial charge in [0.1, 0.15) is 31.3 Å². The van der Waals surface area contributed by atoms with Crippen molar-refractivity contribution < 1.29 is 62.3 Å². The zero-order chi connectivity index (χ0) is 37.6. The molecule has 13 nitrogen and oxygen atoms in total. The summed E-state index contributed by atoms with van der Waals surface area (Å²) in [6.45, 7) is 22.9. The van der Waals surface area contributed by atoms with Crippen LogP contribution in [0.2, 0.25) is 0 Å². The first-order valence-electron chi connectivity index (χ1n) is 15.2. The molecule has 1 unspecified atom stereocenters. The fraction of sp³-hybridized carbons (Fsp3) is 0.625. The van der Waals surface area contributed by atoms with Crippen LogP contribution in [0.4, 0.5) is 0 Å². The molecule has 0 bridgehead atoms. The molecule has 276 valence electrons. The van der Waals surface area contributed by atoms with Gasteiger partial charge < -0.3 is 24.2 Å². The van der Waals surface area contributed by atoms with Crippen LogP contribution < -0.4 is 14.4 Å². The Kier molecular flexibility index (Phi) is 18.9. The highest BCUT2D eigenvalue weighted by Gasteiger charge is 2.30. The second kappa shape index (κ2) is 19.6. The standard InChI is InChI=1S/C16H27O5P.C16H26O3.H2O5P2/c1-15(2,3)12-16(4,5)13-6-8-14(9-7-13)20-10-11-21-22(17,18)19;1-15(2,3)12-16(4,5)13-6-8-14(9-7-13)18-10-11-19-17;1-6(2)7(3,4)5/h6-9H,10-12H2,1-5H3,(H2,17,18,19);6-9,17H,10-12H2,1-5H3;(H2,3,4,5). The minimum atomic E-state index is -4.78. The first kappa shape index (κ1) is 46.3. The van der Waals surface area contributed by atoms with E-state index in [1.807, 2.05) is 36.4 Å². The minimum absolute atomic E-state index is 0.0698. The summed E-state index contributed by atoms with van der Waals surface area (Å²) in [5.41, 5.74) is 3.32. The van der Waals surface area contributed by atoms with Crippen LogP contribution in [0.3, 0.4) is 0 Å². The molecule has 0 aliphatic rings. The number of benzene rings is 2. The Balaban J connectivity index is 0.000000774. The van der Waals surface area contributed by atoms with Gasteiger partial charge in [0, 0.05) is 0 Å². The van der Waals surface area contributed by atoms with E-state index in [0.717, 1.165) is 18.6 Å². The van der Waals surface area contributed by atoms with Gasteiger partial charge in [-0.05, 0) is 69.9 Å². The van der Waals surface area contributed by atoms with Crippen molar-refractivity contribution >= 4 is 22.8 Å². The fourth-order valence-corrected chi connectivity index (χ4v) is 5.69. The van der Waals surface area contributed by atoms with Crippen molar-refractivity contribution in [1.82, 2.24) is 0 Å². The lowest BCUT2D eigenvalue weighted by molar-refractivity contribution is -0.245. The van der Waals surface area contributed by atoms with Gasteiger partial charge in [-0.3, -0.25) is 19.6 Å². The quantitative estimate of drug-likeness (QED) is 0.0556. The second-order valence-electron chi connectivity index (χ2n) is 14.9. The predicted molar refractivity (Wildman–Crippen MR) is 184 cm³/mol. The number of phosphoric acid groups is 1. The molecular formula is C32H55O13P3. The van der Waals surface area contributed by atoms with E-state index in [0.29, 0.717) is 17.8 Å². The van der Waals surface area contributed by atoms with Gasteiger partial charge in [-0.2, -0.15) is 0 Å². The number of phosphoric ester groups is 1. The molecule has 0 aliphatic heterocycles. The second-order valence-corrected chi connectivity index (χ2v) is 20.2. The Morgan fingerprint density at radius 2 is 0.938 bits per heavy atom. The zero-order valence-electron chi connectivity index (χ0n) is 29.7. The smallest absolute Gasteiger partial charge is 0.561 e. The van der Waals surface area contributed by atoms with Crippen molar-refractivity contribution in [2.75, 3.05) is 26.4 Å². The monoisotopic (exact) mass is 740 g/mol. The molecule has 0 heterocycles. The summed E-state index contributed by atoms with van der Waals surface area (Å²) in [6, 6.07) is 16.0. The molecule has 48 heavy (non-hydrogen) atoms. The molecule has 0 fully saturated rings. The van der Waals surface area contributed by atoms with Gasteiger partial charge in [0.15, 0.2) is 0 Å². The van der Waals surface area contributed by atoms with E-state index in [9.17, 15) is 18.6 Å². The van der Waals surface area contributed by atoms with E-state index in [1.54, 1.807) is 0 Å². The van der Waals surface area contributed by atoms with Crippen molar-refractivity contribution in [2.24, 2.45) is 10.8 Å². The van der Waals surface area contributed by atoms with Gasteiger partial charge in [-0.1, -0.05) is 98.1 Å². The molecule has 2 aromatic rings. The third kappa shape index (κ3) is 22.1. The van der Waals surface area contributed by atoms with Crippen LogP contribution in [-0.4, -0.2) is 51.3 Å². The Bertz CT molecular complexity index is 1320. The number of hydrogen-bond donors (Lipinski definition) is 5. The van der Waals surface area contributed by atoms with Crippen molar-refractivity contribution in [3.8, 4) is 11.5 Å². The number of hydrogen-bond acceptors (Lipinski definition) is 9. The zero-order valence-corrected chi connectivity index (χ0v) is 32.4. The summed E-state index contributed by atoms with van der Waals surface area (Å²) in [5, 5.41) is 8.22. The van der Waals surface area contributed by atoms with Gasteiger partial charge in [0.05, 0.1) is 6.61 Å². The lowest BCUT2D eigenvalue weighted by Gasteiger charge is -2.33. The molecular weight excluding hydrogens is 685 g/mol. The number of rotatable bonds is 14. The van der Waals surface area contributed by atoms with E-state index in [4.69, 9.17) is 34.3 Å². The summed E-state index contributed by atoms with van der Waals surface area (Å²) in [4.78, 5) is 45.6. The molecule has 5 N–H and O–H groups in total. The van der Waals surface area contributed by atoms with Crippen LogP contribution in [0.15, 0.2) is 48.5 Å². The van der Waals surface area contributed by atoms with Crippen molar-refractivity contribution in [1.29, 1.82) is 0 Å². The van der Waals surface area contributed by atoms with Crippen LogP contribution in [0.5, 0.6) is 11.5 Å². The van der Waals surface area contributed by atoms with Crippen LogP contribution in [0.25, 0.3) is 0 Å². The Morgan fingerprint density at radius 1 is 0.625 bits per heavy atom. The Hall–Kier alpha value is -1.72. The van der Waals surface area contributed by atoms with E-state index in [1.165, 1.54) is 11.1 Å². The predicted octanol–water partition coefficient (Wildman–Crippen LogP) is 7.34. The van der Waals surface area contributed by atoms with Gasteiger partial charge in [-0.15, -0.1) is 0 Å². The van der Waals surface area contributed by atoms with Gasteiger partial charge >= 0.3 is 22.8 Å². The van der Waals surface area contributed by atoms with E-state index < -0.39 is 22.8 Å². The highest BCUT2D eigenvalue weighted by atomic mass is 32.1. The topological polar surface area (TPSA) is 212 Å². The average molecular weight is 741 g/mol. The van der Waals surface area contributed by atoms with Crippen LogP contribution in [0.1, 0.15) is 93.2 Å². The highest BCUT2D eigenvalue weighted by molar-refractivity contribution is 8.19. The van der Waals surface area contributed by atoms with E-state index in [2.05, 4.69) is 90.8 Å². The van der Waals surface area contributed by atoms with E-state index in [-0.39, 0.29) is 36.1 Å². The summed E-state index contributed by atoms with van der Waals surface area (Å²) >= 11 is 0. The van der Waals surface area contributed by atoms with E-state index >= 15 is 0 Å². The SMILES string of the molecule is CC(C)(C)CC(C)(C)c1ccc(OCCOO)cc1.CC(C)(C)CC(C)(C)c1ccc(OCCOP(=O)(O)O)cc1.O=[P+]([O-])P(=O)(O)O. The summed E-state index contributed by atoms with van der Waals surface area (Å²) in [7, 11) is -12.8. The lowest BCUT2D eigenvalue weighted by Crippen LogP contribution is -2.24. The Labute approximate surface area is 286 Å². The molecule has 2 rings (SSSR count). The van der Waals surface area contributed by atoms with Gasteiger partial charge in [0.2, 0.25) is 0 Å². The maximum Gasteiger partial charge on any atom is 0.561 e. The molecule has 0 saturated carbocycles. The molecule has 1 atom stereocenters. The molecule has 0 amide bonds. The van der Waals surface area contributed by atoms with Crippen molar-refractivity contribution in [2.45, 2.75) is 92.9 Å². The maximum absolute atomic E-state index is 10.5. The highest BCUT2D eigenvalue weighted by Crippen LogP contribution is 2.56. The third-order valence-corrected chi connectivity index (χ3v) is 8.70. The van der Waals surface area contributed by atoms with Gasteiger partial charge in [0.25, 0.3) is 0 Å². The summed E-state index contributed by atoms with van der Waals surface area (Å²) in [6.07, 6.45) is 2.19. The van der Waals surface area contributed by atoms with Crippen molar-refractivity contribution in [3.63, 3.8) is 0 Å². The first-order valence-corrected chi connectivity index (χ1v) is 20.2. The minimum Gasteiger partial charge on any atom is -0.588 e. The number of ether oxygens (including phenoxy) is 2. The molecule has 0 radical (unpaired) electrons. The normalized spacial score (nSPS) is 13.0. The fourth-order valence-electron chi connectivity index (χ4n) is 5.37. The average Bonchev–Trinajstić information content (AvgIpc) is 2.89. The molecule has 0 aromatic heterocycles. The lowest BCUT2D eigenvalue weighted by atomic mass is 9.72. The first-order chi connectivity index (χ1) is 21.6. The van der Waals surface area contributed by atoms with Crippen molar-refractivity contribution in [3.05, 3.63) is 59.7 Å². The largest absolute Gasteiger partial charge is 0.588 e. The molecule has 2 aromatic carbocycles. The summed E-state index contributed by atoms with van der Waals surface area (Å²) < 4.78 is 44.4. The van der Waals surface area contributed by atoms with Crippen LogP contribution >= 0.6 is 22.8 Å². The molecule has 0 spiro atoms. The molecule has 0 saturated heterocycles. The Morgan fingerprint density at radius 3 is 1.19 bits per heavy atom. The van der Waals surface area contributed by atoms with Crippen LogP contribution in [-0.2, 0) is 33.9 Å². The maximum atomic E-state index is 10.5. The van der Waals surface area contributed by atoms with Crippen LogP contribution in [0, 0.1) is 10.8 Å². The van der Waals surface area contributed by atoms with Gasteiger partial charge in [-0.25, -0.2) is 14.0 Å². The molecule has 16 heteroatoms.